The lowest BCUT2D eigenvalue weighted by Crippen LogP contribution is -2.02. The van der Waals surface area contributed by atoms with Gasteiger partial charge in [-0.2, -0.15) is 0 Å². The summed E-state index contributed by atoms with van der Waals surface area (Å²) in [5.41, 5.74) is 2.48. The highest BCUT2D eigenvalue weighted by atomic mass is 16.3. The van der Waals surface area contributed by atoms with Crippen molar-refractivity contribution >= 4 is 11.2 Å². The first kappa shape index (κ1) is 9.77. The van der Waals surface area contributed by atoms with Crippen LogP contribution in [0.5, 0.6) is 5.75 Å². The smallest absolute Gasteiger partial charge is 0.178 e. The van der Waals surface area contributed by atoms with E-state index in [0.29, 0.717) is 6.54 Å². The molecule has 2 heterocycles. The number of fused-ring (bicyclic) bond motifs is 1. The first-order valence-corrected chi connectivity index (χ1v) is 5.25. The summed E-state index contributed by atoms with van der Waals surface area (Å²) in [7, 11) is 0. The largest absolute Gasteiger partial charge is 0.508 e. The molecule has 0 radical (unpaired) electrons. The van der Waals surface area contributed by atoms with Crippen molar-refractivity contribution in [3.63, 3.8) is 0 Å². The van der Waals surface area contributed by atoms with Crippen molar-refractivity contribution in [2.45, 2.75) is 6.54 Å². The molecule has 0 atom stereocenters. The minimum atomic E-state index is 0.250. The molecule has 5 heteroatoms. The lowest BCUT2D eigenvalue weighted by molar-refractivity contribution is 0.474. The van der Waals surface area contributed by atoms with Crippen LogP contribution in [-0.2, 0) is 6.54 Å². The molecule has 1 aromatic carbocycles. The molecule has 0 amide bonds. The van der Waals surface area contributed by atoms with Gasteiger partial charge in [0.25, 0.3) is 0 Å². The molecule has 0 saturated heterocycles. The Labute approximate surface area is 97.3 Å². The lowest BCUT2D eigenvalue weighted by Gasteiger charge is -2.02. The second-order valence-electron chi connectivity index (χ2n) is 3.76. The van der Waals surface area contributed by atoms with E-state index in [1.165, 1.54) is 0 Å². The van der Waals surface area contributed by atoms with Crippen molar-refractivity contribution in [1.29, 1.82) is 0 Å². The lowest BCUT2D eigenvalue weighted by atomic mass is 10.2. The third-order valence-electron chi connectivity index (χ3n) is 2.51. The Morgan fingerprint density at radius 3 is 3.00 bits per heavy atom. The maximum absolute atomic E-state index is 9.39. The maximum atomic E-state index is 9.39. The molecule has 0 aliphatic rings. The molecule has 0 saturated carbocycles. The summed E-state index contributed by atoms with van der Waals surface area (Å²) in [5, 5.41) is 17.5. The van der Waals surface area contributed by atoms with Crippen LogP contribution in [0.2, 0.25) is 0 Å². The average Bonchev–Trinajstić information content (AvgIpc) is 2.73. The predicted octanol–water partition coefficient (Wildman–Crippen LogP) is 1.58. The van der Waals surface area contributed by atoms with Crippen LogP contribution in [0, 0.1) is 0 Å². The van der Waals surface area contributed by atoms with Crippen LogP contribution in [0.3, 0.4) is 0 Å². The van der Waals surface area contributed by atoms with Crippen molar-refractivity contribution in [1.82, 2.24) is 20.0 Å². The molecule has 0 fully saturated rings. The average molecular weight is 226 g/mol. The quantitative estimate of drug-likeness (QED) is 0.720. The highest BCUT2D eigenvalue weighted by Crippen LogP contribution is 2.13. The number of nitrogens with zero attached hydrogens (tertiary/aromatic N) is 4. The minimum Gasteiger partial charge on any atom is -0.508 e. The third-order valence-corrected chi connectivity index (χ3v) is 2.51. The standard InChI is InChI=1S/C12H10N4O/c17-10-4-1-3-9(7-10)8-16-12-11(14-15-16)5-2-6-13-12/h1-7,17H,8H2. The van der Waals surface area contributed by atoms with E-state index in [9.17, 15) is 5.11 Å². The van der Waals surface area contributed by atoms with Gasteiger partial charge >= 0.3 is 0 Å². The summed E-state index contributed by atoms with van der Waals surface area (Å²) in [6.45, 7) is 0.544. The summed E-state index contributed by atoms with van der Waals surface area (Å²) in [6.07, 6.45) is 1.71. The van der Waals surface area contributed by atoms with Gasteiger partial charge in [-0.1, -0.05) is 17.3 Å². The minimum absolute atomic E-state index is 0.250. The van der Waals surface area contributed by atoms with Crippen LogP contribution in [0.4, 0.5) is 0 Å². The van der Waals surface area contributed by atoms with Crippen molar-refractivity contribution < 1.29 is 5.11 Å². The van der Waals surface area contributed by atoms with Gasteiger partial charge in [0, 0.05) is 6.20 Å². The van der Waals surface area contributed by atoms with Gasteiger partial charge in [0.1, 0.15) is 11.3 Å². The molecular formula is C12H10N4O. The van der Waals surface area contributed by atoms with Gasteiger partial charge in [0.2, 0.25) is 0 Å². The van der Waals surface area contributed by atoms with E-state index >= 15 is 0 Å². The molecule has 3 aromatic rings. The van der Waals surface area contributed by atoms with Gasteiger partial charge in [0.15, 0.2) is 5.65 Å². The van der Waals surface area contributed by atoms with Gasteiger partial charge in [-0.3, -0.25) is 0 Å². The summed E-state index contributed by atoms with van der Waals surface area (Å²) >= 11 is 0. The summed E-state index contributed by atoms with van der Waals surface area (Å²) in [6, 6.07) is 10.8. The van der Waals surface area contributed by atoms with Crippen LogP contribution in [0.15, 0.2) is 42.6 Å². The zero-order valence-electron chi connectivity index (χ0n) is 8.98. The van der Waals surface area contributed by atoms with Crippen molar-refractivity contribution in [2.24, 2.45) is 0 Å². The molecule has 0 bridgehead atoms. The fourth-order valence-electron chi connectivity index (χ4n) is 1.74. The fraction of sp³-hybridized carbons (Fsp3) is 0.0833. The number of hydrogen-bond acceptors (Lipinski definition) is 4. The Bertz CT molecular complexity index is 662. The highest BCUT2D eigenvalue weighted by Gasteiger charge is 2.05. The van der Waals surface area contributed by atoms with E-state index in [2.05, 4.69) is 15.3 Å². The number of phenols is 1. The van der Waals surface area contributed by atoms with Crippen molar-refractivity contribution in [2.75, 3.05) is 0 Å². The Balaban J connectivity index is 2.00. The summed E-state index contributed by atoms with van der Waals surface area (Å²) < 4.78 is 1.71. The number of rotatable bonds is 2. The number of aromatic nitrogens is 4. The number of aromatic hydroxyl groups is 1. The van der Waals surface area contributed by atoms with Crippen LogP contribution >= 0.6 is 0 Å². The molecule has 0 spiro atoms. The Morgan fingerprint density at radius 2 is 2.12 bits per heavy atom. The molecule has 0 aliphatic carbocycles. The SMILES string of the molecule is Oc1cccc(Cn2nnc3cccnc32)c1. The van der Waals surface area contributed by atoms with Gasteiger partial charge in [-0.25, -0.2) is 9.67 Å². The van der Waals surface area contributed by atoms with E-state index in [1.807, 2.05) is 18.2 Å². The first-order valence-electron chi connectivity index (χ1n) is 5.25. The highest BCUT2D eigenvalue weighted by molar-refractivity contribution is 5.68. The molecule has 1 N–H and O–H groups in total. The fourth-order valence-corrected chi connectivity index (χ4v) is 1.74. The van der Waals surface area contributed by atoms with Crippen LogP contribution in [0.1, 0.15) is 5.56 Å². The van der Waals surface area contributed by atoms with E-state index < -0.39 is 0 Å². The van der Waals surface area contributed by atoms with Crippen molar-refractivity contribution in [3.8, 4) is 5.75 Å². The second kappa shape index (κ2) is 3.86. The molecule has 5 nitrogen and oxygen atoms in total. The normalized spacial score (nSPS) is 10.8. The second-order valence-corrected chi connectivity index (χ2v) is 3.76. The van der Waals surface area contributed by atoms with Gasteiger partial charge in [0.05, 0.1) is 6.54 Å². The molecular weight excluding hydrogens is 216 g/mol. The summed E-state index contributed by atoms with van der Waals surface area (Å²) in [5.74, 6) is 0.250. The van der Waals surface area contributed by atoms with Crippen LogP contribution in [0.25, 0.3) is 11.2 Å². The van der Waals surface area contributed by atoms with Gasteiger partial charge < -0.3 is 5.11 Å². The number of hydrogen-bond donors (Lipinski definition) is 1. The van der Waals surface area contributed by atoms with Gasteiger partial charge in [-0.15, -0.1) is 5.10 Å². The topological polar surface area (TPSA) is 63.8 Å². The predicted molar refractivity (Wildman–Crippen MR) is 62.5 cm³/mol. The zero-order chi connectivity index (χ0) is 11.7. The van der Waals surface area contributed by atoms with Crippen LogP contribution in [-0.4, -0.2) is 25.1 Å². The van der Waals surface area contributed by atoms with E-state index in [0.717, 1.165) is 16.7 Å². The molecule has 0 aliphatic heterocycles. The Kier molecular flexibility index (Phi) is 2.22. The molecule has 0 unspecified atom stereocenters. The molecule has 84 valence electrons. The molecule has 17 heavy (non-hydrogen) atoms. The monoisotopic (exact) mass is 226 g/mol. The Hall–Kier alpha value is -2.43. The van der Waals surface area contributed by atoms with E-state index in [1.54, 1.807) is 29.1 Å². The Morgan fingerprint density at radius 1 is 1.18 bits per heavy atom. The van der Waals surface area contributed by atoms with Crippen molar-refractivity contribution in [3.05, 3.63) is 48.2 Å². The van der Waals surface area contributed by atoms with Crippen LogP contribution < -0.4 is 0 Å². The van der Waals surface area contributed by atoms with E-state index in [-0.39, 0.29) is 5.75 Å². The third kappa shape index (κ3) is 1.82. The number of pyridine rings is 1. The molecule has 3 rings (SSSR count). The number of benzene rings is 1. The van der Waals surface area contributed by atoms with Gasteiger partial charge in [-0.05, 0) is 29.8 Å². The van der Waals surface area contributed by atoms with E-state index in [4.69, 9.17) is 0 Å². The first-order chi connectivity index (χ1) is 8.33. The zero-order valence-corrected chi connectivity index (χ0v) is 8.98. The summed E-state index contributed by atoms with van der Waals surface area (Å²) in [4.78, 5) is 4.24. The maximum Gasteiger partial charge on any atom is 0.178 e. The molecule has 2 aromatic heterocycles. The number of phenolic OH excluding ortho intramolecular Hbond substituents is 1.